The van der Waals surface area contributed by atoms with Gasteiger partial charge in [0.2, 0.25) is 5.91 Å². The van der Waals surface area contributed by atoms with Gasteiger partial charge in [-0.3, -0.25) is 9.59 Å². The summed E-state index contributed by atoms with van der Waals surface area (Å²) in [4.78, 5) is 25.1. The second-order valence-corrected chi connectivity index (χ2v) is 4.24. The molecule has 0 spiro atoms. The van der Waals surface area contributed by atoms with Crippen molar-refractivity contribution in [2.24, 2.45) is 5.10 Å². The Hall–Kier alpha value is -1.65. The smallest absolute Gasteiger partial charge is 0.270 e. The molecule has 0 saturated carbocycles. The van der Waals surface area contributed by atoms with Crippen LogP contribution >= 0.6 is 0 Å². The van der Waals surface area contributed by atoms with E-state index >= 15 is 0 Å². The van der Waals surface area contributed by atoms with Crippen LogP contribution in [-0.4, -0.2) is 47.6 Å². The quantitative estimate of drug-likeness (QED) is 0.685. The van der Waals surface area contributed by atoms with Gasteiger partial charge in [-0.2, -0.15) is 5.10 Å². The molecule has 17 heavy (non-hydrogen) atoms. The van der Waals surface area contributed by atoms with E-state index in [0.717, 1.165) is 5.57 Å². The average Bonchev–Trinajstić information content (AvgIpc) is 2.28. The van der Waals surface area contributed by atoms with Crippen LogP contribution in [0, 0.1) is 0 Å². The van der Waals surface area contributed by atoms with Crippen LogP contribution in [0.25, 0.3) is 0 Å². The first-order valence-electron chi connectivity index (χ1n) is 5.73. The molecule has 0 N–H and O–H groups in total. The largest absolute Gasteiger partial charge is 0.334 e. The Bertz CT molecular complexity index is 374. The van der Waals surface area contributed by atoms with Gasteiger partial charge >= 0.3 is 0 Å². The van der Waals surface area contributed by atoms with E-state index in [1.807, 2.05) is 13.8 Å². The van der Waals surface area contributed by atoms with Crippen LogP contribution in [0.3, 0.4) is 0 Å². The van der Waals surface area contributed by atoms with Gasteiger partial charge in [0.1, 0.15) is 5.71 Å². The van der Waals surface area contributed by atoms with Crippen molar-refractivity contribution in [2.45, 2.75) is 26.7 Å². The molecule has 0 atom stereocenters. The molecule has 0 aromatic heterocycles. The van der Waals surface area contributed by atoms with Crippen LogP contribution in [0.4, 0.5) is 0 Å². The van der Waals surface area contributed by atoms with Crippen molar-refractivity contribution in [3.8, 4) is 0 Å². The first kappa shape index (κ1) is 13.4. The minimum Gasteiger partial charge on any atom is -0.334 e. The predicted octanol–water partition coefficient (Wildman–Crippen LogP) is 1.02. The zero-order valence-electron chi connectivity index (χ0n) is 10.7. The molecule has 94 valence electrons. The van der Waals surface area contributed by atoms with Gasteiger partial charge in [0.15, 0.2) is 0 Å². The van der Waals surface area contributed by atoms with Gasteiger partial charge in [0.05, 0.1) is 0 Å². The number of amides is 2. The number of hydrogen-bond acceptors (Lipinski definition) is 3. The van der Waals surface area contributed by atoms with Crippen LogP contribution in [0.2, 0.25) is 0 Å². The molecular formula is C12H19N3O2. The Morgan fingerprint density at radius 3 is 2.65 bits per heavy atom. The fourth-order valence-corrected chi connectivity index (χ4v) is 1.66. The molecule has 0 bridgehead atoms. The van der Waals surface area contributed by atoms with Gasteiger partial charge in [-0.05, 0) is 13.8 Å². The highest BCUT2D eigenvalue weighted by Crippen LogP contribution is 2.10. The fraction of sp³-hybridized carbons (Fsp3) is 0.583. The summed E-state index contributed by atoms with van der Waals surface area (Å²) < 4.78 is 0. The number of likely N-dealkylation sites (N-methyl/N-ethyl adjacent to an activating group) is 1. The Labute approximate surface area is 102 Å². The van der Waals surface area contributed by atoms with Crippen molar-refractivity contribution in [1.29, 1.82) is 0 Å². The number of rotatable bonds is 4. The molecule has 1 aliphatic rings. The maximum Gasteiger partial charge on any atom is 0.270 e. The van der Waals surface area contributed by atoms with Crippen molar-refractivity contribution in [1.82, 2.24) is 9.91 Å². The minimum atomic E-state index is -0.102. The summed E-state index contributed by atoms with van der Waals surface area (Å²) in [5.74, 6) is -0.153. The van der Waals surface area contributed by atoms with Crippen molar-refractivity contribution >= 4 is 17.5 Å². The molecule has 0 aliphatic carbocycles. The SMILES string of the molecule is C=C(C)CN(CC)C(=O)C1=NN(C)C(=O)CC1. The predicted molar refractivity (Wildman–Crippen MR) is 66.5 cm³/mol. The maximum atomic E-state index is 12.1. The molecule has 0 unspecified atom stereocenters. The van der Waals surface area contributed by atoms with E-state index in [0.29, 0.717) is 31.6 Å². The highest BCUT2D eigenvalue weighted by molar-refractivity contribution is 6.39. The summed E-state index contributed by atoms with van der Waals surface area (Å²) in [6.07, 6.45) is 0.778. The number of carbonyl (C=O) groups is 2. The van der Waals surface area contributed by atoms with Gasteiger partial charge in [-0.15, -0.1) is 0 Å². The van der Waals surface area contributed by atoms with Gasteiger partial charge in [-0.1, -0.05) is 12.2 Å². The zero-order chi connectivity index (χ0) is 13.0. The molecule has 0 aromatic carbocycles. The minimum absolute atomic E-state index is 0.0514. The molecule has 0 fully saturated rings. The number of hydrogen-bond donors (Lipinski definition) is 0. The average molecular weight is 237 g/mol. The summed E-state index contributed by atoms with van der Waals surface area (Å²) in [7, 11) is 1.57. The summed E-state index contributed by atoms with van der Waals surface area (Å²) in [6.45, 7) is 8.75. The summed E-state index contributed by atoms with van der Waals surface area (Å²) in [6, 6.07) is 0. The third-order valence-corrected chi connectivity index (χ3v) is 2.58. The van der Waals surface area contributed by atoms with E-state index in [4.69, 9.17) is 0 Å². The molecule has 0 radical (unpaired) electrons. The van der Waals surface area contributed by atoms with Crippen LogP contribution < -0.4 is 0 Å². The van der Waals surface area contributed by atoms with Gasteiger partial charge in [0, 0.05) is 33.0 Å². The van der Waals surface area contributed by atoms with Crippen LogP contribution in [0.15, 0.2) is 17.3 Å². The molecule has 2 amide bonds. The van der Waals surface area contributed by atoms with E-state index < -0.39 is 0 Å². The molecule has 1 rings (SSSR count). The molecule has 0 aromatic rings. The van der Waals surface area contributed by atoms with E-state index in [9.17, 15) is 9.59 Å². The molecule has 1 aliphatic heterocycles. The lowest BCUT2D eigenvalue weighted by atomic mass is 10.1. The van der Waals surface area contributed by atoms with E-state index in [1.165, 1.54) is 5.01 Å². The molecule has 5 heteroatoms. The monoisotopic (exact) mass is 237 g/mol. The van der Waals surface area contributed by atoms with Crippen LogP contribution in [-0.2, 0) is 9.59 Å². The third kappa shape index (κ3) is 3.41. The van der Waals surface area contributed by atoms with Gasteiger partial charge in [0.25, 0.3) is 5.91 Å². The van der Waals surface area contributed by atoms with Crippen molar-refractivity contribution in [2.75, 3.05) is 20.1 Å². The van der Waals surface area contributed by atoms with Gasteiger partial charge < -0.3 is 4.90 Å². The van der Waals surface area contributed by atoms with Crippen molar-refractivity contribution in [3.63, 3.8) is 0 Å². The summed E-state index contributed by atoms with van der Waals surface area (Å²) >= 11 is 0. The molecular weight excluding hydrogens is 218 g/mol. The highest BCUT2D eigenvalue weighted by atomic mass is 16.2. The summed E-state index contributed by atoms with van der Waals surface area (Å²) in [5, 5.41) is 5.26. The number of nitrogens with zero attached hydrogens (tertiary/aromatic N) is 3. The molecule has 1 heterocycles. The van der Waals surface area contributed by atoms with Crippen molar-refractivity contribution < 1.29 is 9.59 Å². The lowest BCUT2D eigenvalue weighted by Gasteiger charge is -2.25. The van der Waals surface area contributed by atoms with E-state index in [-0.39, 0.29) is 11.8 Å². The molecule has 5 nitrogen and oxygen atoms in total. The Morgan fingerprint density at radius 2 is 2.18 bits per heavy atom. The Kier molecular flexibility index (Phi) is 4.43. The zero-order valence-corrected chi connectivity index (χ0v) is 10.7. The maximum absolute atomic E-state index is 12.1. The highest BCUT2D eigenvalue weighted by Gasteiger charge is 2.25. The Morgan fingerprint density at radius 1 is 1.53 bits per heavy atom. The topological polar surface area (TPSA) is 53.0 Å². The van der Waals surface area contributed by atoms with E-state index in [2.05, 4.69) is 11.7 Å². The van der Waals surface area contributed by atoms with Gasteiger partial charge in [-0.25, -0.2) is 5.01 Å². The van der Waals surface area contributed by atoms with E-state index in [1.54, 1.807) is 11.9 Å². The standard InChI is InChI=1S/C12H19N3O2/c1-5-15(8-9(2)3)12(17)10-6-7-11(16)14(4)13-10/h2,5-8H2,1,3-4H3. The van der Waals surface area contributed by atoms with Crippen LogP contribution in [0.1, 0.15) is 26.7 Å². The number of hydrazone groups is 1. The lowest BCUT2D eigenvalue weighted by Crippen LogP contribution is -2.41. The first-order valence-corrected chi connectivity index (χ1v) is 5.73. The second kappa shape index (κ2) is 5.61. The second-order valence-electron chi connectivity index (χ2n) is 4.24. The molecule has 0 saturated heterocycles. The Balaban J connectivity index is 2.78. The summed E-state index contributed by atoms with van der Waals surface area (Å²) in [5.41, 5.74) is 1.39. The lowest BCUT2D eigenvalue weighted by molar-refractivity contribution is -0.130. The van der Waals surface area contributed by atoms with Crippen LogP contribution in [0.5, 0.6) is 0 Å². The number of carbonyl (C=O) groups excluding carboxylic acids is 2. The normalized spacial score (nSPS) is 15.6. The third-order valence-electron chi connectivity index (χ3n) is 2.58. The van der Waals surface area contributed by atoms with Crippen molar-refractivity contribution in [3.05, 3.63) is 12.2 Å². The fourth-order valence-electron chi connectivity index (χ4n) is 1.66. The first-order chi connectivity index (χ1) is 7.95.